The number of aliphatic carboxylic acids is 2. The summed E-state index contributed by atoms with van der Waals surface area (Å²) in [7, 11) is 0. The molecular weight excluding hydrogens is 608 g/mol. The van der Waals surface area contributed by atoms with Gasteiger partial charge in [-0.3, -0.25) is 19.2 Å². The van der Waals surface area contributed by atoms with E-state index in [1.54, 1.807) is 0 Å². The average Bonchev–Trinajstić information content (AvgIpc) is 3.04. The van der Waals surface area contributed by atoms with Crippen LogP contribution in [-0.4, -0.2) is 46.3 Å². The molecule has 0 aliphatic carbocycles. The Balaban J connectivity index is 0. The Bertz CT molecular complexity index is 666. The van der Waals surface area contributed by atoms with E-state index in [-0.39, 0.29) is 43.4 Å². The summed E-state index contributed by atoms with van der Waals surface area (Å²) >= 11 is 0. The van der Waals surface area contributed by atoms with Crippen LogP contribution in [0.2, 0.25) is 0 Å². The van der Waals surface area contributed by atoms with Crippen molar-refractivity contribution in [3.8, 4) is 0 Å². The molecule has 0 saturated heterocycles. The molecule has 48 heavy (non-hydrogen) atoms. The number of carboxylic acids is 2. The SMILES string of the molecule is CCCCCCCC(CCCCCCC)OC(=O)CCCC(=O)OC(CCCCCCC)CCCCCCC.O=C(O)CCCC(=O)O. The number of carboxylic acid groups (broad SMARTS) is 2. The van der Waals surface area contributed by atoms with Crippen molar-refractivity contribution in [2.75, 3.05) is 0 Å². The molecule has 8 nitrogen and oxygen atoms in total. The number of carbonyl (C=O) groups is 4. The van der Waals surface area contributed by atoms with Crippen LogP contribution in [0.1, 0.15) is 220 Å². The van der Waals surface area contributed by atoms with Gasteiger partial charge in [-0.15, -0.1) is 0 Å². The average molecular weight is 685 g/mol. The van der Waals surface area contributed by atoms with E-state index in [1.807, 2.05) is 0 Å². The molecule has 0 aliphatic heterocycles. The van der Waals surface area contributed by atoms with Gasteiger partial charge in [0.15, 0.2) is 0 Å². The molecule has 0 spiro atoms. The summed E-state index contributed by atoms with van der Waals surface area (Å²) < 4.78 is 11.8. The van der Waals surface area contributed by atoms with Crippen LogP contribution in [0, 0.1) is 0 Å². The van der Waals surface area contributed by atoms with Crippen molar-refractivity contribution in [1.82, 2.24) is 0 Å². The maximum absolute atomic E-state index is 12.6. The van der Waals surface area contributed by atoms with E-state index in [2.05, 4.69) is 27.7 Å². The van der Waals surface area contributed by atoms with Gasteiger partial charge < -0.3 is 19.7 Å². The fourth-order valence-corrected chi connectivity index (χ4v) is 5.68. The summed E-state index contributed by atoms with van der Waals surface area (Å²) in [5.41, 5.74) is 0. The molecular formula is C40H76O8. The lowest BCUT2D eigenvalue weighted by Gasteiger charge is -2.19. The van der Waals surface area contributed by atoms with Gasteiger partial charge in [-0.05, 0) is 64.2 Å². The van der Waals surface area contributed by atoms with Crippen molar-refractivity contribution in [3.05, 3.63) is 0 Å². The minimum Gasteiger partial charge on any atom is -0.481 e. The molecule has 0 bridgehead atoms. The Morgan fingerprint density at radius 2 is 0.625 bits per heavy atom. The summed E-state index contributed by atoms with van der Waals surface area (Å²) in [5.74, 6) is -2.18. The van der Waals surface area contributed by atoms with Crippen LogP contribution in [0.4, 0.5) is 0 Å². The predicted molar refractivity (Wildman–Crippen MR) is 196 cm³/mol. The summed E-state index contributed by atoms with van der Waals surface area (Å²) in [6, 6.07) is 0. The lowest BCUT2D eigenvalue weighted by molar-refractivity contribution is -0.152. The van der Waals surface area contributed by atoms with E-state index in [1.165, 1.54) is 103 Å². The summed E-state index contributed by atoms with van der Waals surface area (Å²) in [5, 5.41) is 16.1. The quantitative estimate of drug-likeness (QED) is 0.0506. The van der Waals surface area contributed by atoms with Crippen molar-refractivity contribution in [2.24, 2.45) is 0 Å². The van der Waals surface area contributed by atoms with Gasteiger partial charge in [0.05, 0.1) is 0 Å². The monoisotopic (exact) mass is 685 g/mol. The van der Waals surface area contributed by atoms with E-state index in [4.69, 9.17) is 19.7 Å². The normalized spacial score (nSPS) is 11.0. The van der Waals surface area contributed by atoms with Crippen molar-refractivity contribution in [3.63, 3.8) is 0 Å². The van der Waals surface area contributed by atoms with Gasteiger partial charge in [0, 0.05) is 25.7 Å². The number of rotatable bonds is 34. The van der Waals surface area contributed by atoms with Gasteiger partial charge in [-0.25, -0.2) is 0 Å². The van der Waals surface area contributed by atoms with E-state index in [0.717, 1.165) is 51.4 Å². The van der Waals surface area contributed by atoms with Crippen molar-refractivity contribution in [2.45, 2.75) is 233 Å². The van der Waals surface area contributed by atoms with Crippen LogP contribution in [0.5, 0.6) is 0 Å². The third-order valence-electron chi connectivity index (χ3n) is 8.66. The Morgan fingerprint density at radius 1 is 0.375 bits per heavy atom. The number of ether oxygens (including phenoxy) is 2. The summed E-state index contributed by atoms with van der Waals surface area (Å²) in [6.45, 7) is 8.94. The Morgan fingerprint density at radius 3 is 0.875 bits per heavy atom. The van der Waals surface area contributed by atoms with Crippen molar-refractivity contribution >= 4 is 23.9 Å². The fourth-order valence-electron chi connectivity index (χ4n) is 5.68. The largest absolute Gasteiger partial charge is 0.481 e. The predicted octanol–water partition coefficient (Wildman–Crippen LogP) is 11.7. The molecule has 2 N–H and O–H groups in total. The number of hydrogen-bond acceptors (Lipinski definition) is 6. The maximum atomic E-state index is 12.6. The zero-order valence-corrected chi connectivity index (χ0v) is 31.7. The lowest BCUT2D eigenvalue weighted by Crippen LogP contribution is -2.20. The van der Waals surface area contributed by atoms with Crippen LogP contribution in [0.25, 0.3) is 0 Å². The molecule has 0 aromatic carbocycles. The maximum Gasteiger partial charge on any atom is 0.306 e. The number of hydrogen-bond donors (Lipinski definition) is 2. The molecule has 0 aliphatic rings. The molecule has 0 heterocycles. The van der Waals surface area contributed by atoms with Crippen molar-refractivity contribution in [1.29, 1.82) is 0 Å². The Labute approximate surface area is 294 Å². The zero-order valence-electron chi connectivity index (χ0n) is 31.7. The van der Waals surface area contributed by atoms with Crippen LogP contribution in [-0.2, 0) is 28.7 Å². The third-order valence-corrected chi connectivity index (χ3v) is 8.66. The highest BCUT2D eigenvalue weighted by Gasteiger charge is 2.17. The fraction of sp³-hybridized carbons (Fsp3) is 0.900. The first kappa shape index (κ1) is 48.0. The topological polar surface area (TPSA) is 127 Å². The number of esters is 2. The minimum absolute atomic E-state index is 0.0394. The summed E-state index contributed by atoms with van der Waals surface area (Å²) in [6.07, 6.45) is 29.9. The highest BCUT2D eigenvalue weighted by molar-refractivity contribution is 5.72. The molecule has 8 heteroatoms. The summed E-state index contributed by atoms with van der Waals surface area (Å²) in [4.78, 5) is 44.8. The molecule has 0 saturated carbocycles. The minimum atomic E-state index is -0.948. The molecule has 0 aromatic heterocycles. The second-order valence-electron chi connectivity index (χ2n) is 13.5. The second-order valence-corrected chi connectivity index (χ2v) is 13.5. The molecule has 0 fully saturated rings. The van der Waals surface area contributed by atoms with E-state index < -0.39 is 11.9 Å². The first-order valence-electron chi connectivity index (χ1n) is 20.0. The molecule has 0 atom stereocenters. The molecule has 0 rings (SSSR count). The third kappa shape index (κ3) is 38.3. The first-order valence-corrected chi connectivity index (χ1v) is 20.0. The van der Waals surface area contributed by atoms with E-state index in [0.29, 0.717) is 19.3 Å². The van der Waals surface area contributed by atoms with Crippen LogP contribution < -0.4 is 0 Å². The van der Waals surface area contributed by atoms with Crippen molar-refractivity contribution < 1.29 is 38.9 Å². The highest BCUT2D eigenvalue weighted by atomic mass is 16.5. The lowest BCUT2D eigenvalue weighted by atomic mass is 10.0. The van der Waals surface area contributed by atoms with E-state index >= 15 is 0 Å². The Hall–Kier alpha value is -2.12. The molecule has 0 amide bonds. The van der Waals surface area contributed by atoms with Gasteiger partial charge in [0.2, 0.25) is 0 Å². The first-order chi connectivity index (χ1) is 23.2. The van der Waals surface area contributed by atoms with Gasteiger partial charge in [0.25, 0.3) is 0 Å². The van der Waals surface area contributed by atoms with Crippen LogP contribution in [0.3, 0.4) is 0 Å². The van der Waals surface area contributed by atoms with Gasteiger partial charge in [-0.1, -0.05) is 130 Å². The standard InChI is InChI=1S/C35H68O4.C5H8O4/c1-5-9-13-17-21-26-32(27-22-18-14-10-6-2)38-34(36)30-25-31-35(37)39-33(28-23-19-15-11-7-3)29-24-20-16-12-8-4;6-4(7)2-1-3-5(8)9/h32-33H,5-31H2,1-4H3;1-3H2,(H,6,7)(H,8,9). The molecule has 0 unspecified atom stereocenters. The number of carbonyl (C=O) groups excluding carboxylic acids is 2. The van der Waals surface area contributed by atoms with Gasteiger partial charge in [0.1, 0.15) is 12.2 Å². The smallest absolute Gasteiger partial charge is 0.306 e. The van der Waals surface area contributed by atoms with Gasteiger partial charge in [-0.2, -0.15) is 0 Å². The molecule has 0 aromatic rings. The van der Waals surface area contributed by atoms with Crippen LogP contribution in [0.15, 0.2) is 0 Å². The second kappa shape index (κ2) is 37.7. The molecule has 0 radical (unpaired) electrons. The van der Waals surface area contributed by atoms with Crippen LogP contribution >= 0.6 is 0 Å². The number of unbranched alkanes of at least 4 members (excludes halogenated alkanes) is 16. The Kier molecular flexibility index (Phi) is 37.7. The van der Waals surface area contributed by atoms with Gasteiger partial charge >= 0.3 is 23.9 Å². The zero-order chi connectivity index (χ0) is 36.1. The molecule has 284 valence electrons. The highest BCUT2D eigenvalue weighted by Crippen LogP contribution is 2.19. The van der Waals surface area contributed by atoms with E-state index in [9.17, 15) is 19.2 Å².